The van der Waals surface area contributed by atoms with Gasteiger partial charge in [-0.1, -0.05) is 49.7 Å². The molecule has 9 heteroatoms. The SMILES string of the molecule is CCN(CC)C(CNC(=NC)NCc1ccc(-n2ccnc2)nc1)c1ccccc1Cl.I. The van der Waals surface area contributed by atoms with Crippen molar-refractivity contribution >= 4 is 41.5 Å². The topological polar surface area (TPSA) is 70.4 Å². The third-order valence-corrected chi connectivity index (χ3v) is 5.59. The molecule has 32 heavy (non-hydrogen) atoms. The Morgan fingerprint density at radius 3 is 2.53 bits per heavy atom. The highest BCUT2D eigenvalue weighted by molar-refractivity contribution is 14.0. The summed E-state index contributed by atoms with van der Waals surface area (Å²) in [5, 5.41) is 7.60. The van der Waals surface area contributed by atoms with Crippen molar-refractivity contribution in [1.82, 2.24) is 30.1 Å². The second kappa shape index (κ2) is 13.4. The van der Waals surface area contributed by atoms with E-state index in [4.69, 9.17) is 11.6 Å². The molecule has 2 aromatic heterocycles. The zero-order chi connectivity index (χ0) is 22.1. The van der Waals surface area contributed by atoms with E-state index in [9.17, 15) is 0 Å². The molecule has 0 aliphatic carbocycles. The number of imidazole rings is 1. The second-order valence-electron chi connectivity index (χ2n) is 7.06. The summed E-state index contributed by atoms with van der Waals surface area (Å²) in [5.74, 6) is 1.58. The van der Waals surface area contributed by atoms with E-state index in [0.717, 1.165) is 41.0 Å². The van der Waals surface area contributed by atoms with Crippen molar-refractivity contribution in [3.05, 3.63) is 77.5 Å². The van der Waals surface area contributed by atoms with Gasteiger partial charge in [-0.2, -0.15) is 0 Å². The van der Waals surface area contributed by atoms with Crippen LogP contribution in [0, 0.1) is 0 Å². The minimum atomic E-state index is 0. The molecule has 1 unspecified atom stereocenters. The number of halogens is 2. The Kier molecular flexibility index (Phi) is 10.9. The first-order valence-electron chi connectivity index (χ1n) is 10.5. The molecule has 1 atom stereocenters. The molecule has 0 aliphatic heterocycles. The predicted octanol–water partition coefficient (Wildman–Crippen LogP) is 4.29. The average molecular weight is 568 g/mol. The first-order valence-corrected chi connectivity index (χ1v) is 10.9. The number of guanidine groups is 1. The third kappa shape index (κ3) is 6.91. The van der Waals surface area contributed by atoms with E-state index in [1.807, 2.05) is 47.3 Å². The Morgan fingerprint density at radius 2 is 1.94 bits per heavy atom. The number of nitrogens with zero attached hydrogens (tertiary/aromatic N) is 5. The molecule has 2 N–H and O–H groups in total. The minimum Gasteiger partial charge on any atom is -0.354 e. The predicted molar refractivity (Wildman–Crippen MR) is 142 cm³/mol. The van der Waals surface area contributed by atoms with Crippen LogP contribution >= 0.6 is 35.6 Å². The number of hydrogen-bond acceptors (Lipinski definition) is 4. The van der Waals surface area contributed by atoms with Crippen molar-refractivity contribution in [2.24, 2.45) is 4.99 Å². The van der Waals surface area contributed by atoms with Crippen LogP contribution < -0.4 is 10.6 Å². The third-order valence-electron chi connectivity index (χ3n) is 5.24. The lowest BCUT2D eigenvalue weighted by molar-refractivity contribution is 0.219. The largest absolute Gasteiger partial charge is 0.354 e. The Labute approximate surface area is 212 Å². The van der Waals surface area contributed by atoms with E-state index in [0.29, 0.717) is 13.1 Å². The Hall–Kier alpha value is -2.17. The number of benzene rings is 1. The minimum absolute atomic E-state index is 0. The van der Waals surface area contributed by atoms with Gasteiger partial charge in [-0.15, -0.1) is 24.0 Å². The first kappa shape index (κ1) is 26.1. The van der Waals surface area contributed by atoms with Crippen LogP contribution in [0.2, 0.25) is 5.02 Å². The fraction of sp³-hybridized carbons (Fsp3) is 0.348. The normalized spacial score (nSPS) is 12.3. The number of aliphatic imine (C=N–C) groups is 1. The Bertz CT molecular complexity index is 957. The molecular formula is C23H31ClIN7. The molecule has 3 rings (SSSR count). The maximum Gasteiger partial charge on any atom is 0.191 e. The lowest BCUT2D eigenvalue weighted by atomic mass is 10.0. The van der Waals surface area contributed by atoms with Gasteiger partial charge in [0, 0.05) is 43.8 Å². The fourth-order valence-electron chi connectivity index (χ4n) is 3.51. The van der Waals surface area contributed by atoms with E-state index in [-0.39, 0.29) is 30.0 Å². The van der Waals surface area contributed by atoms with E-state index in [1.165, 1.54) is 0 Å². The summed E-state index contributed by atoms with van der Waals surface area (Å²) >= 11 is 6.50. The van der Waals surface area contributed by atoms with Crippen LogP contribution in [0.25, 0.3) is 5.82 Å². The summed E-state index contributed by atoms with van der Waals surface area (Å²) in [7, 11) is 1.78. The number of likely N-dealkylation sites (N-methyl/N-ethyl adjacent to an activating group) is 1. The van der Waals surface area contributed by atoms with Gasteiger partial charge in [0.15, 0.2) is 5.96 Å². The molecule has 0 aliphatic rings. The molecule has 7 nitrogen and oxygen atoms in total. The summed E-state index contributed by atoms with van der Waals surface area (Å²) in [4.78, 5) is 15.3. The number of aromatic nitrogens is 3. The van der Waals surface area contributed by atoms with Crippen molar-refractivity contribution in [1.29, 1.82) is 0 Å². The van der Waals surface area contributed by atoms with Gasteiger partial charge < -0.3 is 10.6 Å². The lowest BCUT2D eigenvalue weighted by Crippen LogP contribution is -2.43. The smallest absolute Gasteiger partial charge is 0.191 e. The molecule has 0 saturated heterocycles. The van der Waals surface area contributed by atoms with E-state index >= 15 is 0 Å². The molecule has 1 aromatic carbocycles. The van der Waals surface area contributed by atoms with Gasteiger partial charge in [0.1, 0.15) is 12.1 Å². The highest BCUT2D eigenvalue weighted by Gasteiger charge is 2.20. The Morgan fingerprint density at radius 1 is 1.16 bits per heavy atom. The van der Waals surface area contributed by atoms with Crippen LogP contribution in [0.15, 0.2) is 66.3 Å². The van der Waals surface area contributed by atoms with Crippen molar-refractivity contribution in [2.75, 3.05) is 26.7 Å². The van der Waals surface area contributed by atoms with Crippen molar-refractivity contribution in [3.8, 4) is 5.82 Å². The fourth-order valence-corrected chi connectivity index (χ4v) is 3.78. The quantitative estimate of drug-likeness (QED) is 0.229. The van der Waals surface area contributed by atoms with Crippen LogP contribution in [0.5, 0.6) is 0 Å². The van der Waals surface area contributed by atoms with Gasteiger partial charge in [0.05, 0.1) is 6.04 Å². The summed E-state index contributed by atoms with van der Waals surface area (Å²) in [6, 6.07) is 12.2. The molecule has 0 spiro atoms. The van der Waals surface area contributed by atoms with E-state index < -0.39 is 0 Å². The van der Waals surface area contributed by atoms with Gasteiger partial charge in [-0.3, -0.25) is 14.5 Å². The van der Waals surface area contributed by atoms with Crippen molar-refractivity contribution in [2.45, 2.75) is 26.4 Å². The van der Waals surface area contributed by atoms with Crippen LogP contribution in [0.1, 0.15) is 31.0 Å². The first-order chi connectivity index (χ1) is 15.2. The molecule has 0 saturated carbocycles. The average Bonchev–Trinajstić information content (AvgIpc) is 3.34. The summed E-state index contributed by atoms with van der Waals surface area (Å²) in [6.45, 7) is 7.54. The number of hydrogen-bond donors (Lipinski definition) is 2. The molecule has 0 fully saturated rings. The Balaban J connectivity index is 0.00000363. The van der Waals surface area contributed by atoms with Gasteiger partial charge in [0.25, 0.3) is 0 Å². The van der Waals surface area contributed by atoms with Crippen molar-refractivity contribution < 1.29 is 0 Å². The molecule has 2 heterocycles. The summed E-state index contributed by atoms with van der Waals surface area (Å²) in [5.41, 5.74) is 2.19. The highest BCUT2D eigenvalue weighted by atomic mass is 127. The number of nitrogens with one attached hydrogen (secondary N) is 2. The van der Waals surface area contributed by atoms with E-state index in [1.54, 1.807) is 19.6 Å². The lowest BCUT2D eigenvalue weighted by Gasteiger charge is -2.31. The monoisotopic (exact) mass is 567 g/mol. The zero-order valence-electron chi connectivity index (χ0n) is 18.7. The molecule has 3 aromatic rings. The summed E-state index contributed by atoms with van der Waals surface area (Å²) < 4.78 is 1.87. The molecule has 172 valence electrons. The maximum atomic E-state index is 6.50. The standard InChI is InChI=1S/C23H30ClN7.HI/c1-4-30(5-2)21(19-8-6-7-9-20(19)24)16-29-23(25-3)28-15-18-10-11-22(27-14-18)31-13-12-26-17-31;/h6-14,17,21H,4-5,15-16H2,1-3H3,(H2,25,28,29);1H. The van der Waals surface area contributed by atoms with Crippen LogP contribution in [0.4, 0.5) is 0 Å². The highest BCUT2D eigenvalue weighted by Crippen LogP contribution is 2.26. The van der Waals surface area contributed by atoms with Gasteiger partial charge in [0.2, 0.25) is 0 Å². The summed E-state index contributed by atoms with van der Waals surface area (Å²) in [6.07, 6.45) is 7.20. The van der Waals surface area contributed by atoms with Gasteiger partial charge >= 0.3 is 0 Å². The van der Waals surface area contributed by atoms with Crippen molar-refractivity contribution in [3.63, 3.8) is 0 Å². The molecule has 0 radical (unpaired) electrons. The van der Waals surface area contributed by atoms with E-state index in [2.05, 4.69) is 50.4 Å². The number of rotatable bonds is 9. The zero-order valence-corrected chi connectivity index (χ0v) is 21.8. The second-order valence-corrected chi connectivity index (χ2v) is 7.47. The molecule has 0 bridgehead atoms. The van der Waals surface area contributed by atoms with Gasteiger partial charge in [-0.05, 0) is 36.3 Å². The van der Waals surface area contributed by atoms with Gasteiger partial charge in [-0.25, -0.2) is 9.97 Å². The van der Waals surface area contributed by atoms with Crippen LogP contribution in [-0.2, 0) is 6.54 Å². The molecular weight excluding hydrogens is 537 g/mol. The van der Waals surface area contributed by atoms with Crippen LogP contribution in [-0.4, -0.2) is 52.1 Å². The van der Waals surface area contributed by atoms with Crippen LogP contribution in [0.3, 0.4) is 0 Å². The molecule has 0 amide bonds. The number of pyridine rings is 1. The maximum absolute atomic E-state index is 6.50.